The lowest BCUT2D eigenvalue weighted by Gasteiger charge is -2.33. The predicted octanol–water partition coefficient (Wildman–Crippen LogP) is 5.43. The van der Waals surface area contributed by atoms with E-state index in [-0.39, 0.29) is 21.1 Å². The lowest BCUT2D eigenvalue weighted by atomic mass is 9.72. The summed E-state index contributed by atoms with van der Waals surface area (Å²) < 4.78 is 0. The summed E-state index contributed by atoms with van der Waals surface area (Å²) in [5.41, 5.74) is 7.56. The lowest BCUT2D eigenvalue weighted by molar-refractivity contribution is 0.0975. The molecular formula is C21H23Cl2N3O2S2. The van der Waals surface area contributed by atoms with E-state index in [9.17, 15) is 9.59 Å². The number of amides is 2. The maximum absolute atomic E-state index is 12.5. The van der Waals surface area contributed by atoms with Gasteiger partial charge < -0.3 is 11.1 Å². The number of hydrogen-bond acceptors (Lipinski definition) is 4. The summed E-state index contributed by atoms with van der Waals surface area (Å²) in [6.07, 6.45) is 2.70. The van der Waals surface area contributed by atoms with Gasteiger partial charge in [0.05, 0.1) is 16.1 Å². The number of rotatable bonds is 3. The zero-order chi connectivity index (χ0) is 22.2. The Bertz CT molecular complexity index is 1030. The molecular weight excluding hydrogens is 461 g/mol. The Morgan fingerprint density at radius 2 is 1.97 bits per heavy atom. The number of thiophene rings is 1. The van der Waals surface area contributed by atoms with E-state index >= 15 is 0 Å². The van der Waals surface area contributed by atoms with Gasteiger partial charge in [-0.25, -0.2) is 0 Å². The van der Waals surface area contributed by atoms with Crippen molar-refractivity contribution >= 4 is 68.7 Å². The Morgan fingerprint density at radius 1 is 1.27 bits per heavy atom. The summed E-state index contributed by atoms with van der Waals surface area (Å²) >= 11 is 18.7. The third-order valence-electron chi connectivity index (χ3n) is 5.37. The minimum absolute atomic E-state index is 0.0690. The molecule has 1 aliphatic rings. The van der Waals surface area contributed by atoms with Crippen LogP contribution in [0.4, 0.5) is 5.00 Å². The molecule has 0 saturated heterocycles. The van der Waals surface area contributed by atoms with Gasteiger partial charge in [0.25, 0.3) is 11.8 Å². The van der Waals surface area contributed by atoms with E-state index in [0.717, 1.165) is 29.7 Å². The molecule has 2 amide bonds. The maximum atomic E-state index is 12.5. The first kappa shape index (κ1) is 23.0. The molecule has 1 aromatic carbocycles. The second-order valence-electron chi connectivity index (χ2n) is 8.41. The molecule has 1 atom stereocenters. The van der Waals surface area contributed by atoms with Crippen molar-refractivity contribution in [2.75, 3.05) is 5.32 Å². The van der Waals surface area contributed by atoms with E-state index in [1.165, 1.54) is 23.5 Å². The first-order chi connectivity index (χ1) is 14.0. The van der Waals surface area contributed by atoms with Crippen LogP contribution in [-0.4, -0.2) is 16.9 Å². The third-order valence-corrected chi connectivity index (χ3v) is 7.29. The lowest BCUT2D eigenvalue weighted by Crippen LogP contribution is -2.34. The van der Waals surface area contributed by atoms with E-state index in [1.54, 1.807) is 6.07 Å². The van der Waals surface area contributed by atoms with Crippen LogP contribution in [0.25, 0.3) is 0 Å². The van der Waals surface area contributed by atoms with E-state index in [4.69, 9.17) is 41.2 Å². The number of primary amides is 1. The monoisotopic (exact) mass is 483 g/mol. The summed E-state index contributed by atoms with van der Waals surface area (Å²) in [6, 6.07) is 4.58. The van der Waals surface area contributed by atoms with Gasteiger partial charge in [-0.15, -0.1) is 11.3 Å². The number of fused-ring (bicyclic) bond motifs is 1. The van der Waals surface area contributed by atoms with E-state index in [2.05, 4.69) is 31.4 Å². The van der Waals surface area contributed by atoms with Crippen molar-refractivity contribution < 1.29 is 9.59 Å². The van der Waals surface area contributed by atoms with Gasteiger partial charge in [-0.1, -0.05) is 44.0 Å². The van der Waals surface area contributed by atoms with Crippen LogP contribution < -0.4 is 16.4 Å². The van der Waals surface area contributed by atoms with Gasteiger partial charge in [-0.2, -0.15) is 0 Å². The highest BCUT2D eigenvalue weighted by Crippen LogP contribution is 2.44. The number of halogens is 2. The minimum Gasteiger partial charge on any atom is -0.365 e. The molecule has 0 saturated carbocycles. The van der Waals surface area contributed by atoms with Gasteiger partial charge >= 0.3 is 0 Å². The van der Waals surface area contributed by atoms with Crippen molar-refractivity contribution in [2.45, 2.75) is 40.0 Å². The van der Waals surface area contributed by atoms with Crippen LogP contribution in [0, 0.1) is 11.3 Å². The second kappa shape index (κ2) is 8.83. The number of nitrogens with one attached hydrogen (secondary N) is 2. The minimum atomic E-state index is -0.501. The first-order valence-corrected chi connectivity index (χ1v) is 11.5. The molecule has 9 heteroatoms. The first-order valence-electron chi connectivity index (χ1n) is 9.49. The largest absolute Gasteiger partial charge is 0.365 e. The number of thiocarbonyl (C=S) groups is 1. The van der Waals surface area contributed by atoms with Gasteiger partial charge in [0.1, 0.15) is 5.00 Å². The van der Waals surface area contributed by atoms with Gasteiger partial charge in [0.15, 0.2) is 5.11 Å². The predicted molar refractivity (Wildman–Crippen MR) is 128 cm³/mol. The Morgan fingerprint density at radius 3 is 2.57 bits per heavy atom. The molecule has 0 fully saturated rings. The van der Waals surface area contributed by atoms with Crippen LogP contribution in [0.3, 0.4) is 0 Å². The molecule has 1 aromatic heterocycles. The van der Waals surface area contributed by atoms with Gasteiger partial charge in [0.2, 0.25) is 0 Å². The van der Waals surface area contributed by atoms with Crippen LogP contribution in [0.15, 0.2) is 18.2 Å². The molecule has 160 valence electrons. The number of hydrogen-bond donors (Lipinski definition) is 3. The van der Waals surface area contributed by atoms with E-state index in [1.807, 2.05) is 0 Å². The van der Waals surface area contributed by atoms with E-state index in [0.29, 0.717) is 21.5 Å². The quantitative estimate of drug-likeness (QED) is 0.507. The van der Waals surface area contributed by atoms with Crippen LogP contribution in [0.5, 0.6) is 0 Å². The smallest absolute Gasteiger partial charge is 0.258 e. The number of carbonyl (C=O) groups excluding carboxylic acids is 2. The Kier molecular flexibility index (Phi) is 6.77. The summed E-state index contributed by atoms with van der Waals surface area (Å²) in [5, 5.41) is 6.86. The Hall–Kier alpha value is -1.67. The van der Waals surface area contributed by atoms with E-state index < -0.39 is 11.8 Å². The highest BCUT2D eigenvalue weighted by molar-refractivity contribution is 7.80. The number of carbonyl (C=O) groups is 2. The molecule has 0 radical (unpaired) electrons. The zero-order valence-electron chi connectivity index (χ0n) is 16.9. The molecule has 1 unspecified atom stereocenters. The average molecular weight is 484 g/mol. The molecule has 0 bridgehead atoms. The van der Waals surface area contributed by atoms with Crippen molar-refractivity contribution in [1.29, 1.82) is 0 Å². The maximum Gasteiger partial charge on any atom is 0.258 e. The van der Waals surface area contributed by atoms with Crippen molar-refractivity contribution in [3.63, 3.8) is 0 Å². The molecule has 0 aliphatic heterocycles. The SMILES string of the molecule is CC(C)(C)C1CCc2c(sc(NC(=S)NC(=O)c3ccc(Cl)cc3Cl)c2C(N)=O)C1. The Balaban J connectivity index is 1.79. The van der Waals surface area contributed by atoms with Crippen LogP contribution >= 0.6 is 46.8 Å². The molecule has 30 heavy (non-hydrogen) atoms. The molecule has 1 heterocycles. The molecule has 2 aromatic rings. The average Bonchev–Trinajstić information content (AvgIpc) is 2.97. The van der Waals surface area contributed by atoms with Crippen LogP contribution in [0.2, 0.25) is 10.0 Å². The standard InChI is InChI=1S/C21H23Cl2N3O2S2/c1-21(2,3)10-4-6-13-15(8-10)30-19(16(13)17(24)27)26-20(29)25-18(28)12-7-5-11(22)9-14(12)23/h5,7,9-10H,4,6,8H2,1-3H3,(H2,24,27)(H2,25,26,28,29). The zero-order valence-corrected chi connectivity index (χ0v) is 20.0. The van der Waals surface area contributed by atoms with Gasteiger partial charge in [-0.05, 0) is 66.6 Å². The van der Waals surface area contributed by atoms with Gasteiger partial charge in [0, 0.05) is 9.90 Å². The Labute approximate surface area is 195 Å². The normalized spacial score (nSPS) is 16.0. The topological polar surface area (TPSA) is 84.2 Å². The van der Waals surface area contributed by atoms with Crippen molar-refractivity contribution in [2.24, 2.45) is 17.1 Å². The fraction of sp³-hybridized carbons (Fsp3) is 0.381. The molecule has 1 aliphatic carbocycles. The summed E-state index contributed by atoms with van der Waals surface area (Å²) in [6.45, 7) is 6.70. The number of anilines is 1. The number of nitrogens with two attached hydrogens (primary N) is 1. The third kappa shape index (κ3) is 4.97. The highest BCUT2D eigenvalue weighted by atomic mass is 35.5. The van der Waals surface area contributed by atoms with Gasteiger partial charge in [-0.3, -0.25) is 14.9 Å². The van der Waals surface area contributed by atoms with Crippen LogP contribution in [-0.2, 0) is 12.8 Å². The fourth-order valence-corrected chi connectivity index (χ4v) is 5.74. The summed E-state index contributed by atoms with van der Waals surface area (Å²) in [5.74, 6) is -0.445. The molecule has 5 nitrogen and oxygen atoms in total. The molecule has 0 spiro atoms. The van der Waals surface area contributed by atoms with Crippen molar-refractivity contribution in [3.8, 4) is 0 Å². The van der Waals surface area contributed by atoms with Crippen molar-refractivity contribution in [1.82, 2.24) is 5.32 Å². The van der Waals surface area contributed by atoms with Crippen LogP contribution in [0.1, 0.15) is 58.3 Å². The fourth-order valence-electron chi connectivity index (χ4n) is 3.65. The second-order valence-corrected chi connectivity index (χ2v) is 10.8. The molecule has 4 N–H and O–H groups in total. The highest BCUT2D eigenvalue weighted by Gasteiger charge is 2.33. The summed E-state index contributed by atoms with van der Waals surface area (Å²) in [7, 11) is 0. The summed E-state index contributed by atoms with van der Waals surface area (Å²) in [4.78, 5) is 25.8. The molecule has 3 rings (SSSR count). The van der Waals surface area contributed by atoms with Crippen molar-refractivity contribution in [3.05, 3.63) is 49.8 Å². The number of benzene rings is 1.